The van der Waals surface area contributed by atoms with Crippen LogP contribution in [0.2, 0.25) is 0 Å². The number of pyridine rings is 1. The summed E-state index contributed by atoms with van der Waals surface area (Å²) < 4.78 is 52.0. The second-order valence-corrected chi connectivity index (χ2v) is 8.61. The molecule has 1 N–H and O–H groups in total. The number of amides is 1. The van der Waals surface area contributed by atoms with Crippen LogP contribution in [-0.4, -0.2) is 63.5 Å². The molecule has 0 fully saturated rings. The molecule has 190 valence electrons. The van der Waals surface area contributed by atoms with Crippen molar-refractivity contribution in [2.24, 2.45) is 0 Å². The highest BCUT2D eigenvalue weighted by Crippen LogP contribution is 2.36. The van der Waals surface area contributed by atoms with Gasteiger partial charge in [-0.25, -0.2) is 18.6 Å². The van der Waals surface area contributed by atoms with Crippen LogP contribution in [0, 0.1) is 0 Å². The smallest absolute Gasteiger partial charge is 0.387 e. The second-order valence-electron chi connectivity index (χ2n) is 8.06. The van der Waals surface area contributed by atoms with E-state index in [2.05, 4.69) is 35.1 Å². The minimum absolute atomic E-state index is 0.00390. The van der Waals surface area contributed by atoms with Gasteiger partial charge in [-0.3, -0.25) is 4.79 Å². The van der Waals surface area contributed by atoms with Crippen molar-refractivity contribution in [3.8, 4) is 17.2 Å². The van der Waals surface area contributed by atoms with Gasteiger partial charge in [-0.15, -0.1) is 10.2 Å². The number of imidazole rings is 1. The number of halogens is 3. The highest BCUT2D eigenvalue weighted by molar-refractivity contribution is 7.16. The average molecular weight is 531 g/mol. The van der Waals surface area contributed by atoms with E-state index in [1.165, 1.54) is 40.3 Å². The first-order valence-electron chi connectivity index (χ1n) is 10.9. The molecule has 6 rings (SSSR count). The monoisotopic (exact) mass is 531 g/mol. The lowest BCUT2D eigenvalue weighted by Gasteiger charge is -2.32. The third-order valence-electron chi connectivity index (χ3n) is 5.87. The summed E-state index contributed by atoms with van der Waals surface area (Å²) in [5, 5.41) is 16.2. The third-order valence-corrected chi connectivity index (χ3v) is 6.18. The first-order valence-corrected chi connectivity index (χ1v) is 11.6. The molecule has 2 unspecified atom stereocenters. The first-order chi connectivity index (χ1) is 17.9. The van der Waals surface area contributed by atoms with Crippen molar-refractivity contribution in [1.29, 1.82) is 0 Å². The summed E-state index contributed by atoms with van der Waals surface area (Å²) in [7, 11) is 1.96. The Balaban J connectivity index is 1.37. The number of H-pyrrole nitrogens is 1. The molecule has 5 aromatic heterocycles. The van der Waals surface area contributed by atoms with Crippen LogP contribution in [0.3, 0.4) is 0 Å². The predicted molar refractivity (Wildman–Crippen MR) is 122 cm³/mol. The van der Waals surface area contributed by atoms with Crippen LogP contribution in [0.15, 0.2) is 47.5 Å². The maximum absolute atomic E-state index is 13.5. The number of aromatic amines is 1. The highest BCUT2D eigenvalue weighted by atomic mass is 31.0. The van der Waals surface area contributed by atoms with Crippen molar-refractivity contribution < 1.29 is 27.1 Å². The molecule has 1 aliphatic rings. The van der Waals surface area contributed by atoms with E-state index in [0.29, 0.717) is 28.9 Å². The molecule has 0 saturated carbocycles. The molecule has 0 bridgehead atoms. The number of hydrogen-bond donors (Lipinski definition) is 1. The summed E-state index contributed by atoms with van der Waals surface area (Å²) in [4.78, 5) is 22.5. The summed E-state index contributed by atoms with van der Waals surface area (Å²) in [6.07, 6.45) is 6.28. The number of hydrogen-bond acceptors (Lipinski definition) is 8. The number of carbonyl (C=O) groups is 1. The Morgan fingerprint density at radius 3 is 2.95 bits per heavy atom. The molecule has 1 amide bonds. The van der Waals surface area contributed by atoms with Gasteiger partial charge >= 0.3 is 18.4 Å². The first kappa shape index (κ1) is 23.2. The Morgan fingerprint density at radius 1 is 1.30 bits per heavy atom. The molecule has 0 aliphatic carbocycles. The van der Waals surface area contributed by atoms with Crippen molar-refractivity contribution in [2.75, 3.05) is 6.54 Å². The van der Waals surface area contributed by atoms with Crippen LogP contribution in [0.5, 0.6) is 5.75 Å². The minimum Gasteiger partial charge on any atom is -0.433 e. The lowest BCUT2D eigenvalue weighted by Crippen LogP contribution is -2.41. The number of nitrogens with one attached hydrogen (secondary N) is 1. The van der Waals surface area contributed by atoms with E-state index in [0.717, 1.165) is 10.4 Å². The fraction of sp³-hybridized carbons (Fsp3) is 0.238. The number of ether oxygens (including phenoxy) is 1. The molecule has 5 aromatic rings. The van der Waals surface area contributed by atoms with Gasteiger partial charge in [-0.1, -0.05) is 9.24 Å². The van der Waals surface area contributed by atoms with E-state index in [-0.39, 0.29) is 24.1 Å². The summed E-state index contributed by atoms with van der Waals surface area (Å²) in [6.45, 7) is -2.75. The molecule has 12 nitrogen and oxygen atoms in total. The van der Waals surface area contributed by atoms with Crippen LogP contribution in [0.1, 0.15) is 39.8 Å². The number of rotatable bonds is 6. The van der Waals surface area contributed by atoms with Gasteiger partial charge in [0.15, 0.2) is 5.75 Å². The summed E-state index contributed by atoms with van der Waals surface area (Å²) in [5.74, 6) is -0.939. The molecule has 16 heteroatoms. The molecular weight excluding hydrogens is 514 g/mol. The van der Waals surface area contributed by atoms with Gasteiger partial charge < -0.3 is 19.0 Å². The summed E-state index contributed by atoms with van der Waals surface area (Å²) >= 11 is 0. The Hall–Kier alpha value is -4.26. The zero-order valence-electron chi connectivity index (χ0n) is 18.7. The topological polar surface area (TPSA) is 132 Å². The standard InChI is InChI=1S/C21H17F3N9O3P/c22-20(23)35-14-2-1-4-32-13(14)6-12(30-32)16-15-11(25-9-26-15)3-5-31(16)19(34)18-29-28-17(36-18)10-7-27-33(8-10)21(24)37/h1-2,4,6-9,16,20-21H,3,5,37H2,(H,25,26)/t16-,21?/m0/s1. The quantitative estimate of drug-likeness (QED) is 0.331. The molecule has 37 heavy (non-hydrogen) atoms. The van der Waals surface area contributed by atoms with E-state index in [4.69, 9.17) is 4.42 Å². The Bertz CT molecular complexity index is 1590. The molecule has 0 saturated heterocycles. The van der Waals surface area contributed by atoms with E-state index in [9.17, 15) is 18.0 Å². The van der Waals surface area contributed by atoms with Crippen molar-refractivity contribution in [1.82, 2.24) is 44.5 Å². The van der Waals surface area contributed by atoms with Gasteiger partial charge in [0, 0.05) is 31.1 Å². The van der Waals surface area contributed by atoms with Gasteiger partial charge in [0.2, 0.25) is 6.04 Å². The number of carbonyl (C=O) groups excluding carboxylic acids is 1. The Morgan fingerprint density at radius 2 is 2.16 bits per heavy atom. The van der Waals surface area contributed by atoms with Crippen LogP contribution in [0.4, 0.5) is 13.2 Å². The van der Waals surface area contributed by atoms with Gasteiger partial charge in [0.25, 0.3) is 5.89 Å². The number of aromatic nitrogens is 8. The van der Waals surface area contributed by atoms with Crippen molar-refractivity contribution in [2.45, 2.75) is 25.1 Å². The van der Waals surface area contributed by atoms with Crippen molar-refractivity contribution in [3.63, 3.8) is 0 Å². The summed E-state index contributed by atoms with van der Waals surface area (Å²) in [6, 6.07) is 2.28. The predicted octanol–water partition coefficient (Wildman–Crippen LogP) is 2.99. The number of nitrogens with zero attached hydrogens (tertiary/aromatic N) is 8. The molecular formula is C21H17F3N9O3P. The fourth-order valence-corrected chi connectivity index (χ4v) is 4.43. The maximum Gasteiger partial charge on any atom is 0.387 e. The van der Waals surface area contributed by atoms with Gasteiger partial charge in [0.05, 0.1) is 29.5 Å². The van der Waals surface area contributed by atoms with E-state index >= 15 is 0 Å². The molecule has 3 atom stereocenters. The largest absolute Gasteiger partial charge is 0.433 e. The number of fused-ring (bicyclic) bond motifs is 2. The highest BCUT2D eigenvalue weighted by Gasteiger charge is 2.38. The Labute approximate surface area is 207 Å². The molecule has 0 spiro atoms. The number of alkyl halides is 3. The minimum atomic E-state index is -3.01. The van der Waals surface area contributed by atoms with E-state index < -0.39 is 24.6 Å². The normalized spacial score (nSPS) is 16.4. The third kappa shape index (κ3) is 4.10. The maximum atomic E-state index is 13.5. The van der Waals surface area contributed by atoms with Gasteiger partial charge in [-0.2, -0.15) is 19.0 Å². The van der Waals surface area contributed by atoms with Gasteiger partial charge in [-0.05, 0) is 18.2 Å². The van der Waals surface area contributed by atoms with Crippen molar-refractivity contribution >= 4 is 20.7 Å². The van der Waals surface area contributed by atoms with E-state index in [1.807, 2.05) is 9.24 Å². The fourth-order valence-electron chi connectivity index (χ4n) is 4.27. The van der Waals surface area contributed by atoms with Crippen LogP contribution < -0.4 is 4.74 Å². The molecule has 1 aliphatic heterocycles. The lowest BCUT2D eigenvalue weighted by molar-refractivity contribution is -0.0490. The van der Waals surface area contributed by atoms with Crippen molar-refractivity contribution in [3.05, 3.63) is 66.1 Å². The molecule has 0 aromatic carbocycles. The second kappa shape index (κ2) is 9.00. The summed E-state index contributed by atoms with van der Waals surface area (Å²) in [5.41, 5.74) is 2.38. The van der Waals surface area contributed by atoms with Crippen LogP contribution >= 0.6 is 9.24 Å². The SMILES string of the molecule is O=C(c1nnc(-c2cnn(C(F)P)c2)o1)N1CCc2[nH]cnc2[C@@H]1c1cc2c(OC(F)F)cccn2n1. The van der Waals surface area contributed by atoms with Gasteiger partial charge in [0.1, 0.15) is 11.6 Å². The average Bonchev–Trinajstić information content (AvgIpc) is 3.67. The Kier molecular flexibility index (Phi) is 5.63. The zero-order valence-corrected chi connectivity index (χ0v) is 19.9. The molecule has 0 radical (unpaired) electrons. The zero-order chi connectivity index (χ0) is 25.7. The lowest BCUT2D eigenvalue weighted by atomic mass is 9.99. The van der Waals surface area contributed by atoms with Crippen LogP contribution in [0.25, 0.3) is 17.0 Å². The molecule has 6 heterocycles. The van der Waals surface area contributed by atoms with E-state index in [1.54, 1.807) is 12.3 Å². The van der Waals surface area contributed by atoms with Crippen LogP contribution in [-0.2, 0) is 6.42 Å².